The van der Waals surface area contributed by atoms with Crippen LogP contribution in [0.4, 0.5) is 0 Å². The number of aryl methyl sites for hydroxylation is 1. The maximum Gasteiger partial charge on any atom is 0.352 e. The molecule has 0 saturated heterocycles. The smallest absolute Gasteiger partial charge is 0.352 e. The first-order valence-electron chi connectivity index (χ1n) is 3.51. The molecule has 0 bridgehead atoms. The van der Waals surface area contributed by atoms with Gasteiger partial charge in [0.15, 0.2) is 0 Å². The SMILES string of the molecule is Cn1cc(C[N+](=O)[O-])cc1C(=O)O. The summed E-state index contributed by atoms with van der Waals surface area (Å²) >= 11 is 0. The Morgan fingerprint density at radius 1 is 1.77 bits per heavy atom. The summed E-state index contributed by atoms with van der Waals surface area (Å²) < 4.78 is 1.35. The summed E-state index contributed by atoms with van der Waals surface area (Å²) in [6, 6.07) is 1.30. The van der Waals surface area contributed by atoms with Gasteiger partial charge in [0, 0.05) is 23.7 Å². The molecule has 1 aromatic rings. The third kappa shape index (κ3) is 2.05. The zero-order chi connectivity index (χ0) is 10.0. The molecule has 0 aliphatic carbocycles. The Bertz CT molecular complexity index is 355. The molecule has 13 heavy (non-hydrogen) atoms. The average molecular weight is 184 g/mol. The van der Waals surface area contributed by atoms with Crippen LogP contribution in [0.25, 0.3) is 0 Å². The van der Waals surface area contributed by atoms with Crippen molar-refractivity contribution in [3.05, 3.63) is 33.6 Å². The van der Waals surface area contributed by atoms with Crippen molar-refractivity contribution in [1.82, 2.24) is 4.57 Å². The van der Waals surface area contributed by atoms with E-state index >= 15 is 0 Å². The lowest BCUT2D eigenvalue weighted by molar-refractivity contribution is -0.496. The Labute approximate surface area is 73.6 Å². The summed E-state index contributed by atoms with van der Waals surface area (Å²) in [5.74, 6) is -1.09. The van der Waals surface area contributed by atoms with E-state index in [0.29, 0.717) is 5.56 Å². The van der Waals surface area contributed by atoms with Crippen LogP contribution in [0.1, 0.15) is 16.1 Å². The van der Waals surface area contributed by atoms with Gasteiger partial charge in [-0.15, -0.1) is 0 Å². The molecule has 6 nitrogen and oxygen atoms in total. The molecule has 1 N–H and O–H groups in total. The number of hydrogen-bond acceptors (Lipinski definition) is 3. The summed E-state index contributed by atoms with van der Waals surface area (Å²) in [4.78, 5) is 20.1. The monoisotopic (exact) mass is 184 g/mol. The minimum atomic E-state index is -1.09. The Kier molecular flexibility index (Phi) is 2.32. The highest BCUT2D eigenvalue weighted by atomic mass is 16.6. The number of carbonyl (C=O) groups is 1. The summed E-state index contributed by atoms with van der Waals surface area (Å²) in [6.07, 6.45) is 1.44. The Hall–Kier alpha value is -1.85. The minimum Gasteiger partial charge on any atom is -0.477 e. The molecule has 0 aliphatic heterocycles. The second-order valence-electron chi connectivity index (χ2n) is 2.64. The largest absolute Gasteiger partial charge is 0.477 e. The number of hydrogen-bond donors (Lipinski definition) is 1. The summed E-state index contributed by atoms with van der Waals surface area (Å²) in [7, 11) is 1.53. The van der Waals surface area contributed by atoms with E-state index in [-0.39, 0.29) is 12.2 Å². The van der Waals surface area contributed by atoms with Gasteiger partial charge in [0.05, 0.1) is 0 Å². The Morgan fingerprint density at radius 2 is 2.38 bits per heavy atom. The zero-order valence-corrected chi connectivity index (χ0v) is 6.93. The second-order valence-corrected chi connectivity index (χ2v) is 2.64. The number of carboxylic acids is 1. The molecule has 0 aliphatic rings. The Morgan fingerprint density at radius 3 is 2.77 bits per heavy atom. The molecule has 6 heteroatoms. The number of nitrogens with zero attached hydrogens (tertiary/aromatic N) is 2. The van der Waals surface area contributed by atoms with Crippen LogP contribution < -0.4 is 0 Å². The van der Waals surface area contributed by atoms with Crippen molar-refractivity contribution in [3.8, 4) is 0 Å². The number of carboxylic acid groups (broad SMARTS) is 1. The van der Waals surface area contributed by atoms with Crippen LogP contribution in [-0.4, -0.2) is 20.6 Å². The van der Waals surface area contributed by atoms with Crippen LogP contribution in [0.5, 0.6) is 0 Å². The first kappa shape index (κ1) is 9.24. The van der Waals surface area contributed by atoms with E-state index in [1.54, 1.807) is 0 Å². The second kappa shape index (κ2) is 3.26. The maximum atomic E-state index is 10.5. The molecule has 0 radical (unpaired) electrons. The highest BCUT2D eigenvalue weighted by molar-refractivity contribution is 5.86. The highest BCUT2D eigenvalue weighted by Gasteiger charge is 2.12. The van der Waals surface area contributed by atoms with E-state index < -0.39 is 10.9 Å². The predicted molar refractivity (Wildman–Crippen MR) is 43.1 cm³/mol. The third-order valence-electron chi connectivity index (χ3n) is 1.59. The van der Waals surface area contributed by atoms with Gasteiger partial charge in [-0.25, -0.2) is 4.79 Å². The van der Waals surface area contributed by atoms with Gasteiger partial charge < -0.3 is 9.67 Å². The van der Waals surface area contributed by atoms with Crippen LogP contribution in [0.3, 0.4) is 0 Å². The van der Waals surface area contributed by atoms with Gasteiger partial charge in [0.1, 0.15) is 5.69 Å². The van der Waals surface area contributed by atoms with Crippen LogP contribution >= 0.6 is 0 Å². The van der Waals surface area contributed by atoms with Crippen molar-refractivity contribution in [1.29, 1.82) is 0 Å². The van der Waals surface area contributed by atoms with Crippen molar-refractivity contribution >= 4 is 5.97 Å². The standard InChI is InChI=1S/C7H8N2O4/c1-8-3-5(4-9(12)13)2-6(8)7(10)11/h2-3H,4H2,1H3,(H,10,11). The molecular formula is C7H8N2O4. The lowest BCUT2D eigenvalue weighted by Crippen LogP contribution is -2.02. The molecule has 0 fully saturated rings. The molecule has 0 saturated carbocycles. The van der Waals surface area contributed by atoms with Crippen molar-refractivity contribution in [3.63, 3.8) is 0 Å². The number of aromatic nitrogens is 1. The highest BCUT2D eigenvalue weighted by Crippen LogP contribution is 2.07. The van der Waals surface area contributed by atoms with E-state index in [1.807, 2.05) is 0 Å². The van der Waals surface area contributed by atoms with Gasteiger partial charge >= 0.3 is 5.97 Å². The summed E-state index contributed by atoms with van der Waals surface area (Å²) in [6.45, 7) is -0.346. The van der Waals surface area contributed by atoms with Gasteiger partial charge in [-0.2, -0.15) is 0 Å². The molecule has 0 unspecified atom stereocenters. The number of rotatable bonds is 3. The number of aromatic carboxylic acids is 1. The molecule has 0 amide bonds. The van der Waals surface area contributed by atoms with Gasteiger partial charge in [0.25, 0.3) is 0 Å². The minimum absolute atomic E-state index is 0.0526. The molecule has 0 aromatic carbocycles. The first-order chi connectivity index (χ1) is 6.00. The topological polar surface area (TPSA) is 85.4 Å². The third-order valence-corrected chi connectivity index (χ3v) is 1.59. The van der Waals surface area contributed by atoms with Crippen LogP contribution in [-0.2, 0) is 13.6 Å². The normalized spacial score (nSPS) is 9.92. The van der Waals surface area contributed by atoms with Crippen molar-refractivity contribution in [2.45, 2.75) is 6.54 Å². The van der Waals surface area contributed by atoms with Crippen molar-refractivity contribution < 1.29 is 14.8 Å². The maximum absolute atomic E-state index is 10.5. The predicted octanol–water partition coefficient (Wildman–Crippen LogP) is 0.500. The van der Waals surface area contributed by atoms with Gasteiger partial charge in [-0.05, 0) is 6.07 Å². The van der Waals surface area contributed by atoms with E-state index in [9.17, 15) is 14.9 Å². The number of nitro groups is 1. The van der Waals surface area contributed by atoms with E-state index in [2.05, 4.69) is 0 Å². The Balaban J connectivity index is 2.95. The van der Waals surface area contributed by atoms with Crippen molar-refractivity contribution in [2.24, 2.45) is 7.05 Å². The van der Waals surface area contributed by atoms with E-state index in [4.69, 9.17) is 5.11 Å². The fourth-order valence-electron chi connectivity index (χ4n) is 1.08. The fourth-order valence-corrected chi connectivity index (χ4v) is 1.08. The van der Waals surface area contributed by atoms with E-state index in [0.717, 1.165) is 0 Å². The van der Waals surface area contributed by atoms with Crippen LogP contribution in [0.2, 0.25) is 0 Å². The van der Waals surface area contributed by atoms with Crippen LogP contribution in [0.15, 0.2) is 12.3 Å². The van der Waals surface area contributed by atoms with Crippen molar-refractivity contribution in [2.75, 3.05) is 0 Å². The van der Waals surface area contributed by atoms with E-state index in [1.165, 1.54) is 23.9 Å². The average Bonchev–Trinajstić information content (AvgIpc) is 2.29. The summed E-state index contributed by atoms with van der Waals surface area (Å²) in [5.41, 5.74) is 0.446. The lowest BCUT2D eigenvalue weighted by atomic mass is 10.3. The quantitative estimate of drug-likeness (QED) is 0.547. The zero-order valence-electron chi connectivity index (χ0n) is 6.93. The first-order valence-corrected chi connectivity index (χ1v) is 3.51. The van der Waals surface area contributed by atoms with Gasteiger partial charge in [0.2, 0.25) is 6.54 Å². The molecule has 0 atom stereocenters. The molecule has 70 valence electrons. The van der Waals surface area contributed by atoms with Gasteiger partial charge in [-0.1, -0.05) is 0 Å². The fraction of sp³-hybridized carbons (Fsp3) is 0.286. The lowest BCUT2D eigenvalue weighted by Gasteiger charge is -1.92. The van der Waals surface area contributed by atoms with Crippen LogP contribution in [0, 0.1) is 10.1 Å². The molecule has 0 spiro atoms. The molecule has 1 rings (SSSR count). The summed E-state index contributed by atoms with van der Waals surface area (Å²) in [5, 5.41) is 18.7. The molecule has 1 heterocycles. The molecule has 1 aromatic heterocycles. The molecular weight excluding hydrogens is 176 g/mol. The van der Waals surface area contributed by atoms with Gasteiger partial charge in [-0.3, -0.25) is 10.1 Å².